The maximum atomic E-state index is 11.9. The first-order valence-corrected chi connectivity index (χ1v) is 11.8. The lowest BCUT2D eigenvalue weighted by molar-refractivity contribution is -0.113. The van der Waals surface area contributed by atoms with Crippen LogP contribution in [0.15, 0.2) is 36.8 Å². The molecule has 0 radical (unpaired) electrons. The Morgan fingerprint density at radius 2 is 1.83 bits per heavy atom. The molecule has 0 N–H and O–H groups in total. The molecule has 30 heavy (non-hydrogen) atoms. The second-order valence-electron chi connectivity index (χ2n) is 9.51. The van der Waals surface area contributed by atoms with Gasteiger partial charge < -0.3 is 4.57 Å². The van der Waals surface area contributed by atoms with Crippen molar-refractivity contribution in [2.24, 2.45) is 17.8 Å². The smallest absolute Gasteiger partial charge is 0.219 e. The standard InChI is InChI=1S/C24H28N4OS/c25-13-18-1-3-19(4-2-18)15-27-16-26-14-23(27)5-6-28(17-29)30-24-10-20-7-21(11-24)9-22(8-20)12-24/h1-4,14,16-17,20-22H,5-12,15H2. The van der Waals surface area contributed by atoms with Crippen molar-refractivity contribution in [3.8, 4) is 6.07 Å². The van der Waals surface area contributed by atoms with E-state index in [2.05, 4.69) is 15.6 Å². The molecule has 0 unspecified atom stereocenters. The molecule has 156 valence electrons. The number of hydrogen-bond donors (Lipinski definition) is 0. The molecule has 0 saturated heterocycles. The zero-order valence-electron chi connectivity index (χ0n) is 17.2. The molecule has 4 fully saturated rings. The molecule has 1 aromatic carbocycles. The molecule has 6 heteroatoms. The highest BCUT2D eigenvalue weighted by Crippen LogP contribution is 2.60. The summed E-state index contributed by atoms with van der Waals surface area (Å²) in [4.78, 5) is 16.2. The fraction of sp³-hybridized carbons (Fsp3) is 0.542. The van der Waals surface area contributed by atoms with Crippen LogP contribution in [0.5, 0.6) is 0 Å². The molecule has 4 aliphatic rings. The Morgan fingerprint density at radius 1 is 1.17 bits per heavy atom. The van der Waals surface area contributed by atoms with Gasteiger partial charge in [0.25, 0.3) is 0 Å². The van der Waals surface area contributed by atoms with Crippen LogP contribution in [0, 0.1) is 29.1 Å². The summed E-state index contributed by atoms with van der Waals surface area (Å²) in [7, 11) is 0. The zero-order chi connectivity index (χ0) is 20.6. The average molecular weight is 421 g/mol. The largest absolute Gasteiger partial charge is 0.330 e. The molecule has 4 saturated carbocycles. The minimum absolute atomic E-state index is 0.304. The molecule has 6 rings (SSSR count). The Labute approximate surface area is 182 Å². The molecule has 5 nitrogen and oxygen atoms in total. The Balaban J connectivity index is 1.21. The van der Waals surface area contributed by atoms with Gasteiger partial charge in [-0.1, -0.05) is 12.1 Å². The third kappa shape index (κ3) is 4.00. The topological polar surface area (TPSA) is 61.9 Å². The molecule has 1 amide bonds. The minimum atomic E-state index is 0.304. The first-order chi connectivity index (χ1) is 14.6. The van der Waals surface area contributed by atoms with Crippen LogP contribution in [0.1, 0.15) is 55.3 Å². The molecular formula is C24H28N4OS. The summed E-state index contributed by atoms with van der Waals surface area (Å²) in [6.07, 6.45) is 13.8. The minimum Gasteiger partial charge on any atom is -0.330 e. The van der Waals surface area contributed by atoms with Crippen LogP contribution in [0.25, 0.3) is 0 Å². The van der Waals surface area contributed by atoms with E-state index in [1.54, 1.807) is 0 Å². The third-order valence-electron chi connectivity index (χ3n) is 7.23. The van der Waals surface area contributed by atoms with E-state index in [-0.39, 0.29) is 0 Å². The van der Waals surface area contributed by atoms with Crippen molar-refractivity contribution < 1.29 is 4.79 Å². The first kappa shape index (κ1) is 19.7. The van der Waals surface area contributed by atoms with Gasteiger partial charge in [-0.3, -0.25) is 9.10 Å². The van der Waals surface area contributed by atoms with E-state index in [0.29, 0.717) is 10.3 Å². The number of rotatable bonds is 8. The van der Waals surface area contributed by atoms with E-state index in [9.17, 15) is 4.79 Å². The third-order valence-corrected chi connectivity index (χ3v) is 8.62. The lowest BCUT2D eigenvalue weighted by Crippen LogP contribution is -2.50. The van der Waals surface area contributed by atoms with Gasteiger partial charge in [0.1, 0.15) is 0 Å². The number of nitriles is 1. The van der Waals surface area contributed by atoms with Crippen LogP contribution in [-0.2, 0) is 17.8 Å². The lowest BCUT2D eigenvalue weighted by Gasteiger charge is -2.56. The quantitative estimate of drug-likeness (QED) is 0.468. The summed E-state index contributed by atoms with van der Waals surface area (Å²) in [6.45, 7) is 1.44. The van der Waals surface area contributed by atoms with E-state index in [0.717, 1.165) is 54.9 Å². The predicted molar refractivity (Wildman–Crippen MR) is 117 cm³/mol. The second kappa shape index (κ2) is 8.11. The number of nitrogens with zero attached hydrogens (tertiary/aromatic N) is 4. The van der Waals surface area contributed by atoms with Crippen LogP contribution in [0.2, 0.25) is 0 Å². The summed E-state index contributed by atoms with van der Waals surface area (Å²) in [6, 6.07) is 9.83. The highest BCUT2D eigenvalue weighted by molar-refractivity contribution is 7.98. The van der Waals surface area contributed by atoms with Gasteiger partial charge in [-0.15, -0.1) is 0 Å². The van der Waals surface area contributed by atoms with Gasteiger partial charge in [0.05, 0.1) is 18.0 Å². The Bertz CT molecular complexity index is 910. The summed E-state index contributed by atoms with van der Waals surface area (Å²) >= 11 is 1.84. The number of imidazole rings is 1. The van der Waals surface area contributed by atoms with Crippen molar-refractivity contribution in [1.29, 1.82) is 5.26 Å². The number of carbonyl (C=O) groups is 1. The maximum absolute atomic E-state index is 11.9. The van der Waals surface area contributed by atoms with Gasteiger partial charge in [0.15, 0.2) is 0 Å². The first-order valence-electron chi connectivity index (χ1n) is 11.0. The van der Waals surface area contributed by atoms with Crippen LogP contribution in [0.4, 0.5) is 0 Å². The van der Waals surface area contributed by atoms with Crippen molar-refractivity contribution in [3.05, 3.63) is 53.6 Å². The van der Waals surface area contributed by atoms with E-state index in [1.165, 1.54) is 38.5 Å². The van der Waals surface area contributed by atoms with Crippen molar-refractivity contribution in [2.45, 2.75) is 56.2 Å². The zero-order valence-corrected chi connectivity index (χ0v) is 18.1. The van der Waals surface area contributed by atoms with Gasteiger partial charge in [0.2, 0.25) is 6.41 Å². The van der Waals surface area contributed by atoms with Gasteiger partial charge in [0, 0.05) is 36.1 Å². The Kier molecular flexibility index (Phi) is 5.32. The second-order valence-corrected chi connectivity index (χ2v) is 11.0. The van der Waals surface area contributed by atoms with Crippen molar-refractivity contribution in [1.82, 2.24) is 13.9 Å². The summed E-state index contributed by atoms with van der Waals surface area (Å²) < 4.78 is 4.39. The number of hydrogen-bond acceptors (Lipinski definition) is 4. The van der Waals surface area contributed by atoms with E-state index < -0.39 is 0 Å². The van der Waals surface area contributed by atoms with Gasteiger partial charge >= 0.3 is 0 Å². The van der Waals surface area contributed by atoms with E-state index in [4.69, 9.17) is 5.26 Å². The molecular weight excluding hydrogens is 392 g/mol. The van der Waals surface area contributed by atoms with Crippen molar-refractivity contribution in [3.63, 3.8) is 0 Å². The van der Waals surface area contributed by atoms with Gasteiger partial charge in [-0.2, -0.15) is 5.26 Å². The highest BCUT2D eigenvalue weighted by atomic mass is 32.2. The molecule has 1 heterocycles. The van der Waals surface area contributed by atoms with Gasteiger partial charge in [-0.05, 0) is 85.9 Å². The van der Waals surface area contributed by atoms with Crippen LogP contribution in [0.3, 0.4) is 0 Å². The monoisotopic (exact) mass is 420 g/mol. The number of amides is 1. The fourth-order valence-electron chi connectivity index (χ4n) is 6.32. The molecule has 4 aliphatic carbocycles. The Morgan fingerprint density at radius 3 is 2.43 bits per heavy atom. The van der Waals surface area contributed by atoms with Crippen LogP contribution >= 0.6 is 11.9 Å². The lowest BCUT2D eigenvalue weighted by atomic mass is 9.56. The molecule has 1 aromatic heterocycles. The normalized spacial score (nSPS) is 29.0. The predicted octanol–water partition coefficient (Wildman–Crippen LogP) is 4.42. The van der Waals surface area contributed by atoms with Crippen molar-refractivity contribution in [2.75, 3.05) is 6.54 Å². The van der Waals surface area contributed by atoms with Crippen molar-refractivity contribution >= 4 is 18.4 Å². The van der Waals surface area contributed by atoms with Gasteiger partial charge in [-0.25, -0.2) is 4.98 Å². The number of carbonyl (C=O) groups excluding carboxylic acids is 1. The number of aromatic nitrogens is 2. The SMILES string of the molecule is N#Cc1ccc(Cn2cncc2CCN(C=O)SC23CC4CC(CC(C4)C2)C3)cc1. The maximum Gasteiger partial charge on any atom is 0.219 e. The molecule has 0 atom stereocenters. The average Bonchev–Trinajstić information content (AvgIpc) is 3.17. The summed E-state index contributed by atoms with van der Waals surface area (Å²) in [5.74, 6) is 2.68. The molecule has 0 aliphatic heterocycles. The highest BCUT2D eigenvalue weighted by Gasteiger charge is 2.52. The molecule has 2 aromatic rings. The fourth-order valence-corrected chi connectivity index (χ4v) is 7.97. The summed E-state index contributed by atoms with van der Waals surface area (Å²) in [5.41, 5.74) is 2.95. The Hall–Kier alpha value is -2.26. The molecule has 0 spiro atoms. The van der Waals surface area contributed by atoms with Crippen LogP contribution in [-0.4, -0.2) is 31.6 Å². The van der Waals surface area contributed by atoms with Crippen LogP contribution < -0.4 is 0 Å². The number of benzene rings is 1. The van der Waals surface area contributed by atoms with E-state index in [1.807, 2.05) is 53.0 Å². The van der Waals surface area contributed by atoms with E-state index >= 15 is 0 Å². The molecule has 4 bridgehead atoms. The summed E-state index contributed by atoms with van der Waals surface area (Å²) in [5, 5.41) is 8.96.